The van der Waals surface area contributed by atoms with Crippen LogP contribution in [0.25, 0.3) is 0 Å². The fraction of sp³-hybridized carbons (Fsp3) is 0.600. The summed E-state index contributed by atoms with van der Waals surface area (Å²) < 4.78 is 13.3. The highest BCUT2D eigenvalue weighted by molar-refractivity contribution is 5.31. The molecule has 1 aliphatic carbocycles. The Morgan fingerprint density at radius 1 is 1.35 bits per heavy atom. The zero-order chi connectivity index (χ0) is 12.6. The molecule has 2 N–H and O–H groups in total. The zero-order valence-electron chi connectivity index (χ0n) is 11.0. The van der Waals surface area contributed by atoms with Gasteiger partial charge in [-0.05, 0) is 55.2 Å². The van der Waals surface area contributed by atoms with Crippen molar-refractivity contribution in [1.82, 2.24) is 0 Å². The molecule has 3 unspecified atom stereocenters. The van der Waals surface area contributed by atoms with Crippen LogP contribution in [0.15, 0.2) is 18.2 Å². The van der Waals surface area contributed by atoms with Crippen LogP contribution in [0, 0.1) is 24.6 Å². The Morgan fingerprint density at radius 2 is 2.06 bits per heavy atom. The number of aryl methyl sites for hydroxylation is 1. The van der Waals surface area contributed by atoms with Crippen LogP contribution in [0.3, 0.4) is 0 Å². The minimum absolute atomic E-state index is 0.144. The molecule has 1 nitrogen and oxygen atoms in total. The van der Waals surface area contributed by atoms with Crippen molar-refractivity contribution in [3.8, 4) is 0 Å². The summed E-state index contributed by atoms with van der Waals surface area (Å²) in [4.78, 5) is 0. The molecule has 0 spiro atoms. The van der Waals surface area contributed by atoms with Crippen LogP contribution in [0.4, 0.5) is 4.39 Å². The smallest absolute Gasteiger partial charge is 0.126 e. The van der Waals surface area contributed by atoms with E-state index in [-0.39, 0.29) is 11.4 Å². The largest absolute Gasteiger partial charge is 0.321 e. The summed E-state index contributed by atoms with van der Waals surface area (Å²) in [6.07, 6.45) is 3.32. The number of hydrogen-bond acceptors (Lipinski definition) is 1. The van der Waals surface area contributed by atoms with Gasteiger partial charge >= 0.3 is 0 Å². The van der Waals surface area contributed by atoms with Gasteiger partial charge in [-0.3, -0.25) is 0 Å². The molecule has 0 radical (unpaired) electrons. The molecule has 17 heavy (non-hydrogen) atoms. The van der Waals surface area contributed by atoms with E-state index in [0.29, 0.717) is 11.5 Å². The van der Waals surface area contributed by atoms with Crippen LogP contribution in [-0.2, 0) is 5.54 Å². The summed E-state index contributed by atoms with van der Waals surface area (Å²) >= 11 is 0. The van der Waals surface area contributed by atoms with Crippen molar-refractivity contribution >= 4 is 0 Å². The molecule has 0 aliphatic heterocycles. The van der Waals surface area contributed by atoms with Crippen molar-refractivity contribution in [2.45, 2.75) is 45.6 Å². The van der Waals surface area contributed by atoms with Gasteiger partial charge in [0.15, 0.2) is 0 Å². The van der Waals surface area contributed by atoms with Crippen molar-refractivity contribution < 1.29 is 4.39 Å². The molecule has 2 heteroatoms. The van der Waals surface area contributed by atoms with E-state index in [4.69, 9.17) is 5.73 Å². The highest BCUT2D eigenvalue weighted by atomic mass is 19.1. The van der Waals surface area contributed by atoms with Gasteiger partial charge in [-0.2, -0.15) is 0 Å². The normalized spacial score (nSPS) is 33.7. The van der Waals surface area contributed by atoms with Gasteiger partial charge in [0, 0.05) is 5.54 Å². The van der Waals surface area contributed by atoms with E-state index in [1.165, 1.54) is 0 Å². The van der Waals surface area contributed by atoms with E-state index < -0.39 is 0 Å². The fourth-order valence-electron chi connectivity index (χ4n) is 3.03. The summed E-state index contributed by atoms with van der Waals surface area (Å²) in [6, 6.07) is 5.32. The molecule has 0 amide bonds. The first-order valence-electron chi connectivity index (χ1n) is 6.49. The second-order valence-corrected chi connectivity index (χ2v) is 5.78. The first-order valence-corrected chi connectivity index (χ1v) is 6.49. The van der Waals surface area contributed by atoms with E-state index in [1.54, 1.807) is 13.0 Å². The number of halogens is 1. The van der Waals surface area contributed by atoms with E-state index in [1.807, 2.05) is 12.1 Å². The Bertz CT molecular complexity index is 415. The van der Waals surface area contributed by atoms with E-state index in [2.05, 4.69) is 13.8 Å². The first-order chi connectivity index (χ1) is 7.93. The van der Waals surface area contributed by atoms with Crippen molar-refractivity contribution in [3.05, 3.63) is 35.1 Å². The van der Waals surface area contributed by atoms with Gasteiger partial charge in [-0.15, -0.1) is 0 Å². The monoisotopic (exact) mass is 235 g/mol. The van der Waals surface area contributed by atoms with Gasteiger partial charge in [0.2, 0.25) is 0 Å². The molecule has 1 aromatic rings. The minimum atomic E-state index is -0.273. The van der Waals surface area contributed by atoms with Crippen molar-refractivity contribution in [3.63, 3.8) is 0 Å². The molecule has 1 aromatic carbocycles. The van der Waals surface area contributed by atoms with Crippen LogP contribution in [-0.4, -0.2) is 0 Å². The van der Waals surface area contributed by atoms with E-state index in [0.717, 1.165) is 30.7 Å². The van der Waals surface area contributed by atoms with Crippen LogP contribution < -0.4 is 5.73 Å². The molecule has 1 saturated carbocycles. The van der Waals surface area contributed by atoms with Crippen LogP contribution in [0.1, 0.15) is 44.2 Å². The molecule has 3 atom stereocenters. The van der Waals surface area contributed by atoms with Crippen LogP contribution in [0.5, 0.6) is 0 Å². The highest BCUT2D eigenvalue weighted by Gasteiger charge is 2.38. The fourth-order valence-corrected chi connectivity index (χ4v) is 3.03. The Kier molecular flexibility index (Phi) is 3.26. The number of rotatable bonds is 1. The molecular formula is C15H22FN. The molecule has 94 valence electrons. The predicted octanol–water partition coefficient (Wildman–Crippen LogP) is 3.74. The third-order valence-electron chi connectivity index (χ3n) is 4.38. The van der Waals surface area contributed by atoms with Gasteiger partial charge in [-0.25, -0.2) is 4.39 Å². The number of nitrogens with two attached hydrogens (primary N) is 1. The predicted molar refractivity (Wildman–Crippen MR) is 69.2 cm³/mol. The van der Waals surface area contributed by atoms with Crippen molar-refractivity contribution in [2.75, 3.05) is 0 Å². The number of hydrogen-bond donors (Lipinski definition) is 1. The van der Waals surface area contributed by atoms with Crippen molar-refractivity contribution in [1.29, 1.82) is 0 Å². The molecule has 0 saturated heterocycles. The van der Waals surface area contributed by atoms with E-state index in [9.17, 15) is 4.39 Å². The average Bonchev–Trinajstić information content (AvgIpc) is 2.28. The summed E-state index contributed by atoms with van der Waals surface area (Å²) in [5.41, 5.74) is 8.10. The van der Waals surface area contributed by atoms with Gasteiger partial charge in [-0.1, -0.05) is 26.0 Å². The third-order valence-corrected chi connectivity index (χ3v) is 4.38. The quantitative estimate of drug-likeness (QED) is 0.788. The Labute approximate surface area is 103 Å². The molecule has 1 fully saturated rings. The zero-order valence-corrected chi connectivity index (χ0v) is 11.0. The third kappa shape index (κ3) is 2.23. The SMILES string of the molecule is Cc1cc(C2(N)CCC(C)CC2C)ccc1F. The standard InChI is InChI=1S/C15H22FN/c1-10-6-7-15(17,12(3)8-10)13-4-5-14(16)11(2)9-13/h4-5,9-10,12H,6-8,17H2,1-3H3. The van der Waals surface area contributed by atoms with Crippen LogP contribution >= 0.6 is 0 Å². The number of benzene rings is 1. The van der Waals surface area contributed by atoms with E-state index >= 15 is 0 Å². The summed E-state index contributed by atoms with van der Waals surface area (Å²) in [5, 5.41) is 0. The second-order valence-electron chi connectivity index (χ2n) is 5.78. The lowest BCUT2D eigenvalue weighted by atomic mass is 9.67. The van der Waals surface area contributed by atoms with Gasteiger partial charge < -0.3 is 5.73 Å². The summed E-state index contributed by atoms with van der Waals surface area (Å²) in [6.45, 7) is 6.30. The minimum Gasteiger partial charge on any atom is -0.321 e. The molecule has 2 rings (SSSR count). The average molecular weight is 235 g/mol. The maximum Gasteiger partial charge on any atom is 0.126 e. The molecule has 1 aliphatic rings. The van der Waals surface area contributed by atoms with Gasteiger partial charge in [0.1, 0.15) is 5.82 Å². The first kappa shape index (κ1) is 12.6. The van der Waals surface area contributed by atoms with Crippen molar-refractivity contribution in [2.24, 2.45) is 17.6 Å². The second kappa shape index (κ2) is 4.41. The lowest BCUT2D eigenvalue weighted by Gasteiger charge is -2.42. The van der Waals surface area contributed by atoms with Gasteiger partial charge in [0.25, 0.3) is 0 Å². The molecular weight excluding hydrogens is 213 g/mol. The lowest BCUT2D eigenvalue weighted by molar-refractivity contribution is 0.164. The maximum atomic E-state index is 13.3. The maximum absolute atomic E-state index is 13.3. The van der Waals surface area contributed by atoms with Gasteiger partial charge in [0.05, 0.1) is 0 Å². The lowest BCUT2D eigenvalue weighted by Crippen LogP contribution is -2.46. The Hall–Kier alpha value is -0.890. The summed E-state index contributed by atoms with van der Waals surface area (Å²) in [5.74, 6) is 1.06. The molecule has 0 bridgehead atoms. The molecule has 0 aromatic heterocycles. The Balaban J connectivity index is 2.34. The highest BCUT2D eigenvalue weighted by Crippen LogP contribution is 2.41. The summed E-state index contributed by atoms with van der Waals surface area (Å²) in [7, 11) is 0. The molecule has 0 heterocycles. The Morgan fingerprint density at radius 3 is 2.65 bits per heavy atom. The topological polar surface area (TPSA) is 26.0 Å². The van der Waals surface area contributed by atoms with Crippen LogP contribution in [0.2, 0.25) is 0 Å².